The fourth-order valence-corrected chi connectivity index (χ4v) is 3.49. The number of carboxylic acid groups (broad SMARTS) is 2. The first-order valence-electron chi connectivity index (χ1n) is 10.4. The number of pyridine rings is 1. The summed E-state index contributed by atoms with van der Waals surface area (Å²) < 4.78 is 15.4. The molecule has 0 spiro atoms. The third-order valence-electron chi connectivity index (χ3n) is 5.09. The molecule has 13 nitrogen and oxygen atoms in total. The Morgan fingerprint density at radius 2 is 1.65 bits per heavy atom. The van der Waals surface area contributed by atoms with Crippen LogP contribution < -0.4 is 26.1 Å². The number of ether oxygens (including phenoxy) is 3. The van der Waals surface area contributed by atoms with Gasteiger partial charge < -0.3 is 40.5 Å². The van der Waals surface area contributed by atoms with Crippen LogP contribution in [-0.4, -0.2) is 59.8 Å². The maximum absolute atomic E-state index is 12.4. The van der Waals surface area contributed by atoms with Gasteiger partial charge in [0.2, 0.25) is 0 Å². The first-order chi connectivity index (χ1) is 17.6. The molecule has 6 N–H and O–H groups in total. The van der Waals surface area contributed by atoms with Crippen LogP contribution in [0.3, 0.4) is 0 Å². The van der Waals surface area contributed by atoms with E-state index in [0.29, 0.717) is 0 Å². The van der Waals surface area contributed by atoms with Crippen LogP contribution in [0.1, 0.15) is 31.1 Å². The number of carbonyl (C=O) groups is 4. The molecule has 0 atom stereocenters. The summed E-state index contributed by atoms with van der Waals surface area (Å²) >= 11 is 0. The number of amides is 1. The molecule has 3 aromatic rings. The van der Waals surface area contributed by atoms with Gasteiger partial charge in [-0.15, -0.1) is 0 Å². The molecular formula is C24H21N3O10. The number of H-pyrrole nitrogens is 1. The minimum Gasteiger partial charge on any atom is -0.493 e. The number of methoxy groups -OCH3 is 2. The number of carboxylic acids is 2. The summed E-state index contributed by atoms with van der Waals surface area (Å²) in [7, 11) is 2.47. The van der Waals surface area contributed by atoms with Gasteiger partial charge in [-0.1, -0.05) is 18.2 Å². The minimum atomic E-state index is -1.66. The van der Waals surface area contributed by atoms with Crippen molar-refractivity contribution in [1.82, 2.24) is 4.98 Å². The standard InChI is InChI=1S/C24H21N3O10/c1-35-15-9-11(17-18(22(30)31)20(25)27-21(29)19(17)23(32)33)7-8-14(15)37-10-16(28)26-13-6-4-3-5-12(13)24(34)36-2/h3-9H,10H2,1-2H3,(H,26,28)(H,30,31)(H,32,33)(H3,25,27,29). The third kappa shape index (κ3) is 5.51. The zero-order valence-corrected chi connectivity index (χ0v) is 19.5. The van der Waals surface area contributed by atoms with E-state index in [1.807, 2.05) is 4.98 Å². The van der Waals surface area contributed by atoms with Crippen molar-refractivity contribution in [3.63, 3.8) is 0 Å². The van der Waals surface area contributed by atoms with E-state index in [9.17, 15) is 34.2 Å². The van der Waals surface area contributed by atoms with E-state index in [1.165, 1.54) is 44.6 Å². The topological polar surface area (TPSA) is 207 Å². The Kier molecular flexibility index (Phi) is 7.77. The van der Waals surface area contributed by atoms with E-state index >= 15 is 0 Å². The zero-order valence-electron chi connectivity index (χ0n) is 19.5. The van der Waals surface area contributed by atoms with E-state index < -0.39 is 58.5 Å². The Balaban J connectivity index is 1.92. The first-order valence-corrected chi connectivity index (χ1v) is 10.4. The van der Waals surface area contributed by atoms with Crippen molar-refractivity contribution in [3.8, 4) is 22.6 Å². The molecule has 1 heterocycles. The van der Waals surface area contributed by atoms with Gasteiger partial charge in [0.25, 0.3) is 11.5 Å². The molecule has 0 saturated heterocycles. The van der Waals surface area contributed by atoms with Gasteiger partial charge in [-0.2, -0.15) is 0 Å². The molecule has 3 rings (SSSR count). The van der Waals surface area contributed by atoms with E-state index in [2.05, 4.69) is 10.1 Å². The number of nitrogens with two attached hydrogens (primary N) is 1. The number of aromatic carboxylic acids is 2. The highest BCUT2D eigenvalue weighted by Gasteiger charge is 2.27. The van der Waals surface area contributed by atoms with Crippen LogP contribution >= 0.6 is 0 Å². The molecule has 1 aromatic heterocycles. The third-order valence-corrected chi connectivity index (χ3v) is 5.09. The molecule has 0 aliphatic rings. The normalized spacial score (nSPS) is 10.3. The summed E-state index contributed by atoms with van der Waals surface area (Å²) in [5.74, 6) is -4.96. The SMILES string of the molecule is COC(=O)c1ccccc1NC(=O)COc1ccc(-c2c(C(=O)O)c(N)[nH]c(=O)c2C(=O)O)cc1OC. The number of hydrogen-bond acceptors (Lipinski definition) is 9. The summed E-state index contributed by atoms with van der Waals surface area (Å²) in [6.07, 6.45) is 0. The molecule has 0 fully saturated rings. The number of rotatable bonds is 9. The van der Waals surface area contributed by atoms with Crippen LogP contribution in [0.2, 0.25) is 0 Å². The highest BCUT2D eigenvalue weighted by molar-refractivity contribution is 6.07. The molecule has 2 aromatic carbocycles. The van der Waals surface area contributed by atoms with E-state index in [0.717, 1.165) is 0 Å². The van der Waals surface area contributed by atoms with Crippen LogP contribution in [0.25, 0.3) is 11.1 Å². The van der Waals surface area contributed by atoms with Gasteiger partial charge in [0, 0.05) is 5.56 Å². The Bertz CT molecular complexity index is 1460. The zero-order chi connectivity index (χ0) is 27.3. The van der Waals surface area contributed by atoms with Crippen molar-refractivity contribution in [2.24, 2.45) is 0 Å². The molecular weight excluding hydrogens is 490 g/mol. The second kappa shape index (κ2) is 10.9. The minimum absolute atomic E-state index is 0.00624. The molecule has 37 heavy (non-hydrogen) atoms. The lowest BCUT2D eigenvalue weighted by molar-refractivity contribution is -0.118. The number of hydrogen-bond donors (Lipinski definition) is 5. The molecule has 192 valence electrons. The van der Waals surface area contributed by atoms with Crippen molar-refractivity contribution < 1.29 is 43.6 Å². The Hall–Kier alpha value is -5.33. The van der Waals surface area contributed by atoms with Crippen molar-refractivity contribution in [2.45, 2.75) is 0 Å². The van der Waals surface area contributed by atoms with Gasteiger partial charge in [0.05, 0.1) is 25.5 Å². The first kappa shape index (κ1) is 26.3. The van der Waals surface area contributed by atoms with Crippen LogP contribution in [0, 0.1) is 0 Å². The predicted octanol–water partition coefficient (Wildman–Crippen LogP) is 1.83. The summed E-state index contributed by atoms with van der Waals surface area (Å²) in [6, 6.07) is 10.0. The molecule has 13 heteroatoms. The van der Waals surface area contributed by atoms with Gasteiger partial charge >= 0.3 is 17.9 Å². The summed E-state index contributed by atoms with van der Waals surface area (Å²) in [5, 5.41) is 21.7. The van der Waals surface area contributed by atoms with E-state index in [1.54, 1.807) is 12.1 Å². The lowest BCUT2D eigenvalue weighted by Gasteiger charge is -2.15. The number of carbonyl (C=O) groups excluding carboxylic acids is 2. The second-order valence-corrected chi connectivity index (χ2v) is 7.34. The molecule has 0 aliphatic carbocycles. The lowest BCUT2D eigenvalue weighted by Crippen LogP contribution is -2.24. The molecule has 0 unspecified atom stereocenters. The number of aromatic nitrogens is 1. The fraction of sp³-hybridized carbons (Fsp3) is 0.125. The quantitative estimate of drug-likeness (QED) is 0.262. The largest absolute Gasteiger partial charge is 0.493 e. The van der Waals surface area contributed by atoms with Crippen molar-refractivity contribution in [1.29, 1.82) is 0 Å². The van der Waals surface area contributed by atoms with Gasteiger partial charge in [-0.05, 0) is 29.8 Å². The number of benzene rings is 2. The summed E-state index contributed by atoms with van der Waals surface area (Å²) in [6.45, 7) is -0.510. The maximum Gasteiger partial charge on any atom is 0.342 e. The van der Waals surface area contributed by atoms with Crippen LogP contribution in [0.15, 0.2) is 47.3 Å². The van der Waals surface area contributed by atoms with E-state index in [-0.39, 0.29) is 28.3 Å². The Morgan fingerprint density at radius 1 is 0.973 bits per heavy atom. The summed E-state index contributed by atoms with van der Waals surface area (Å²) in [4.78, 5) is 62.1. The smallest absolute Gasteiger partial charge is 0.342 e. The molecule has 0 saturated carbocycles. The second-order valence-electron chi connectivity index (χ2n) is 7.34. The predicted molar refractivity (Wildman–Crippen MR) is 129 cm³/mol. The number of para-hydroxylation sites is 1. The van der Waals surface area contributed by atoms with Crippen LogP contribution in [-0.2, 0) is 9.53 Å². The van der Waals surface area contributed by atoms with Gasteiger partial charge in [0.15, 0.2) is 18.1 Å². The lowest BCUT2D eigenvalue weighted by atomic mass is 9.95. The molecule has 0 radical (unpaired) electrons. The average molecular weight is 511 g/mol. The monoisotopic (exact) mass is 511 g/mol. The van der Waals surface area contributed by atoms with Crippen molar-refractivity contribution >= 4 is 35.3 Å². The van der Waals surface area contributed by atoms with Crippen LogP contribution in [0.4, 0.5) is 11.5 Å². The molecule has 1 amide bonds. The highest BCUT2D eigenvalue weighted by Crippen LogP contribution is 2.36. The number of nitrogens with one attached hydrogen (secondary N) is 2. The van der Waals surface area contributed by atoms with Gasteiger partial charge in [-0.3, -0.25) is 9.59 Å². The highest BCUT2D eigenvalue weighted by atomic mass is 16.5. The van der Waals surface area contributed by atoms with Crippen molar-refractivity contribution in [3.05, 3.63) is 69.5 Å². The molecule has 0 bridgehead atoms. The maximum atomic E-state index is 12.4. The average Bonchev–Trinajstić information content (AvgIpc) is 2.86. The fourth-order valence-electron chi connectivity index (χ4n) is 3.49. The number of aromatic amines is 1. The number of esters is 1. The van der Waals surface area contributed by atoms with E-state index in [4.69, 9.17) is 15.2 Å². The van der Waals surface area contributed by atoms with Gasteiger partial charge in [0.1, 0.15) is 16.9 Å². The Labute approximate surface area is 208 Å². The Morgan fingerprint density at radius 3 is 2.27 bits per heavy atom. The van der Waals surface area contributed by atoms with Crippen molar-refractivity contribution in [2.75, 3.05) is 31.9 Å². The van der Waals surface area contributed by atoms with Crippen LogP contribution in [0.5, 0.6) is 11.5 Å². The number of anilines is 2. The van der Waals surface area contributed by atoms with Gasteiger partial charge in [-0.25, -0.2) is 14.4 Å². The molecule has 0 aliphatic heterocycles. The number of nitrogen functional groups attached to an aromatic ring is 1. The summed E-state index contributed by atoms with van der Waals surface area (Å²) in [5.41, 5.74) is 3.04.